The fourth-order valence-corrected chi connectivity index (χ4v) is 2.28. The van der Waals surface area contributed by atoms with Gasteiger partial charge in [-0.3, -0.25) is 4.79 Å². The van der Waals surface area contributed by atoms with Crippen molar-refractivity contribution in [2.45, 2.75) is 0 Å². The standard InChI is InChI=1S/C17H13Cl2NO4/c18-12-5-6-15(14(19)9-12)24-10-16(21)20-13-3-1-2-11(8-13)4-7-17(22)23/h1-9H,10H2,(H,20,21)(H,22,23)/b7-4+. The van der Waals surface area contributed by atoms with Gasteiger partial charge < -0.3 is 15.2 Å². The van der Waals surface area contributed by atoms with Gasteiger partial charge in [-0.2, -0.15) is 0 Å². The number of nitrogens with one attached hydrogen (secondary N) is 1. The van der Waals surface area contributed by atoms with E-state index in [2.05, 4.69) is 5.32 Å². The van der Waals surface area contributed by atoms with Crippen LogP contribution in [0.4, 0.5) is 5.69 Å². The minimum absolute atomic E-state index is 0.226. The van der Waals surface area contributed by atoms with Crippen molar-refractivity contribution in [1.29, 1.82) is 0 Å². The van der Waals surface area contributed by atoms with Gasteiger partial charge in [0.05, 0.1) is 5.02 Å². The van der Waals surface area contributed by atoms with Gasteiger partial charge in [0.2, 0.25) is 0 Å². The van der Waals surface area contributed by atoms with Crippen LogP contribution in [-0.2, 0) is 9.59 Å². The second kappa shape index (κ2) is 8.38. The Hall–Kier alpha value is -2.50. The van der Waals surface area contributed by atoms with Gasteiger partial charge in [0.25, 0.3) is 5.91 Å². The van der Waals surface area contributed by atoms with Crippen LogP contribution in [-0.4, -0.2) is 23.6 Å². The van der Waals surface area contributed by atoms with Crippen molar-refractivity contribution in [1.82, 2.24) is 0 Å². The first kappa shape index (κ1) is 17.8. The summed E-state index contributed by atoms with van der Waals surface area (Å²) in [4.78, 5) is 22.4. The van der Waals surface area contributed by atoms with Crippen LogP contribution < -0.4 is 10.1 Å². The van der Waals surface area contributed by atoms with E-state index in [0.29, 0.717) is 27.0 Å². The number of carbonyl (C=O) groups excluding carboxylic acids is 1. The lowest BCUT2D eigenvalue weighted by atomic mass is 10.2. The molecule has 0 aromatic heterocycles. The smallest absolute Gasteiger partial charge is 0.328 e. The van der Waals surface area contributed by atoms with E-state index in [1.54, 1.807) is 36.4 Å². The van der Waals surface area contributed by atoms with Crippen LogP contribution in [0.1, 0.15) is 5.56 Å². The molecule has 124 valence electrons. The molecule has 2 N–H and O–H groups in total. The van der Waals surface area contributed by atoms with Crippen molar-refractivity contribution in [3.63, 3.8) is 0 Å². The lowest BCUT2D eigenvalue weighted by Crippen LogP contribution is -2.20. The Kier molecular flexibility index (Phi) is 6.23. The second-order valence-electron chi connectivity index (χ2n) is 4.71. The number of benzene rings is 2. The van der Waals surface area contributed by atoms with Crippen LogP contribution in [0.3, 0.4) is 0 Å². The topological polar surface area (TPSA) is 75.6 Å². The van der Waals surface area contributed by atoms with Gasteiger partial charge in [-0.15, -0.1) is 0 Å². The van der Waals surface area contributed by atoms with E-state index < -0.39 is 5.97 Å². The first-order valence-corrected chi connectivity index (χ1v) is 7.58. The van der Waals surface area contributed by atoms with Gasteiger partial charge in [0.1, 0.15) is 5.75 Å². The molecule has 0 spiro atoms. The normalized spacial score (nSPS) is 10.6. The van der Waals surface area contributed by atoms with Crippen molar-refractivity contribution in [3.05, 3.63) is 64.1 Å². The van der Waals surface area contributed by atoms with Gasteiger partial charge in [-0.25, -0.2) is 4.79 Å². The van der Waals surface area contributed by atoms with Crippen LogP contribution in [0.5, 0.6) is 5.75 Å². The molecule has 0 aliphatic heterocycles. The number of amides is 1. The third kappa shape index (κ3) is 5.61. The number of ether oxygens (including phenoxy) is 1. The molecule has 24 heavy (non-hydrogen) atoms. The lowest BCUT2D eigenvalue weighted by Gasteiger charge is -2.09. The highest BCUT2D eigenvalue weighted by molar-refractivity contribution is 6.35. The van der Waals surface area contributed by atoms with E-state index in [0.717, 1.165) is 6.08 Å². The number of carbonyl (C=O) groups is 2. The molecule has 0 atom stereocenters. The number of carboxylic acids is 1. The van der Waals surface area contributed by atoms with Crippen molar-refractivity contribution >= 4 is 46.8 Å². The minimum Gasteiger partial charge on any atom is -0.482 e. The summed E-state index contributed by atoms with van der Waals surface area (Å²) >= 11 is 11.7. The zero-order chi connectivity index (χ0) is 17.5. The highest BCUT2D eigenvalue weighted by Crippen LogP contribution is 2.27. The Bertz CT molecular complexity index is 790. The average molecular weight is 366 g/mol. The van der Waals surface area contributed by atoms with E-state index in [1.807, 2.05) is 0 Å². The number of hydrogen-bond acceptors (Lipinski definition) is 3. The van der Waals surface area contributed by atoms with Gasteiger partial charge in [0.15, 0.2) is 6.61 Å². The lowest BCUT2D eigenvalue weighted by molar-refractivity contribution is -0.131. The predicted molar refractivity (Wildman–Crippen MR) is 93.7 cm³/mol. The van der Waals surface area contributed by atoms with Crippen molar-refractivity contribution in [2.75, 3.05) is 11.9 Å². The van der Waals surface area contributed by atoms with Crippen molar-refractivity contribution < 1.29 is 19.4 Å². The summed E-state index contributed by atoms with van der Waals surface area (Å²) in [5.41, 5.74) is 1.18. The maximum atomic E-state index is 11.9. The molecule has 1 amide bonds. The number of aliphatic carboxylic acids is 1. The summed E-state index contributed by atoms with van der Waals surface area (Å²) in [5.74, 6) is -1.06. The number of halogens is 2. The van der Waals surface area contributed by atoms with E-state index >= 15 is 0 Å². The third-order valence-corrected chi connectivity index (χ3v) is 3.37. The van der Waals surface area contributed by atoms with Crippen LogP contribution >= 0.6 is 23.2 Å². The molecule has 7 heteroatoms. The van der Waals surface area contributed by atoms with Gasteiger partial charge in [-0.1, -0.05) is 35.3 Å². The van der Waals surface area contributed by atoms with Crippen LogP contribution in [0.25, 0.3) is 6.08 Å². The van der Waals surface area contributed by atoms with Crippen LogP contribution in [0.2, 0.25) is 10.0 Å². The number of carboxylic acid groups (broad SMARTS) is 1. The number of hydrogen-bond donors (Lipinski definition) is 2. The first-order chi connectivity index (χ1) is 11.4. The minimum atomic E-state index is -1.04. The summed E-state index contributed by atoms with van der Waals surface area (Å²) in [6, 6.07) is 11.5. The Morgan fingerprint density at radius 3 is 2.67 bits per heavy atom. The molecule has 0 radical (unpaired) electrons. The molecule has 0 heterocycles. The molecule has 2 aromatic rings. The molecular weight excluding hydrogens is 353 g/mol. The van der Waals surface area contributed by atoms with Gasteiger partial charge in [-0.05, 0) is 42.0 Å². The van der Waals surface area contributed by atoms with E-state index in [-0.39, 0.29) is 12.5 Å². The van der Waals surface area contributed by atoms with Gasteiger partial charge >= 0.3 is 5.97 Å². The van der Waals surface area contributed by atoms with E-state index in [4.69, 9.17) is 33.0 Å². The quantitative estimate of drug-likeness (QED) is 0.755. The molecule has 0 bridgehead atoms. The predicted octanol–water partition coefficient (Wildman–Crippen LogP) is 4.11. The third-order valence-electron chi connectivity index (χ3n) is 2.84. The zero-order valence-corrected chi connectivity index (χ0v) is 13.8. The summed E-state index contributed by atoms with van der Waals surface area (Å²) in [5, 5.41) is 12.1. The molecule has 0 saturated carbocycles. The average Bonchev–Trinajstić information content (AvgIpc) is 2.52. The Morgan fingerprint density at radius 2 is 1.96 bits per heavy atom. The maximum absolute atomic E-state index is 11.9. The second-order valence-corrected chi connectivity index (χ2v) is 5.55. The molecule has 0 fully saturated rings. The first-order valence-electron chi connectivity index (χ1n) is 6.83. The molecule has 0 aliphatic carbocycles. The summed E-state index contributed by atoms with van der Waals surface area (Å²) in [7, 11) is 0. The number of rotatable bonds is 6. The highest BCUT2D eigenvalue weighted by Gasteiger charge is 2.07. The molecule has 2 rings (SSSR count). The monoisotopic (exact) mass is 365 g/mol. The fraction of sp³-hybridized carbons (Fsp3) is 0.0588. The summed E-state index contributed by atoms with van der Waals surface area (Å²) in [6.45, 7) is -0.226. The van der Waals surface area contributed by atoms with Crippen molar-refractivity contribution in [3.8, 4) is 5.75 Å². The summed E-state index contributed by atoms with van der Waals surface area (Å²) < 4.78 is 5.34. The Morgan fingerprint density at radius 1 is 1.17 bits per heavy atom. The maximum Gasteiger partial charge on any atom is 0.328 e. The van der Waals surface area contributed by atoms with Crippen molar-refractivity contribution in [2.24, 2.45) is 0 Å². The highest BCUT2D eigenvalue weighted by atomic mass is 35.5. The number of anilines is 1. The van der Waals surface area contributed by atoms with Crippen LogP contribution in [0, 0.1) is 0 Å². The molecule has 2 aromatic carbocycles. The Balaban J connectivity index is 1.94. The largest absolute Gasteiger partial charge is 0.482 e. The zero-order valence-electron chi connectivity index (χ0n) is 12.3. The molecule has 5 nitrogen and oxygen atoms in total. The Labute approximate surface area is 148 Å². The van der Waals surface area contributed by atoms with E-state index in [1.165, 1.54) is 12.1 Å². The molecule has 0 saturated heterocycles. The fourth-order valence-electron chi connectivity index (χ4n) is 1.82. The van der Waals surface area contributed by atoms with Crippen LogP contribution in [0.15, 0.2) is 48.5 Å². The molecule has 0 aliphatic rings. The van der Waals surface area contributed by atoms with E-state index in [9.17, 15) is 9.59 Å². The summed E-state index contributed by atoms with van der Waals surface area (Å²) in [6.07, 6.45) is 2.45. The molecular formula is C17H13Cl2NO4. The SMILES string of the molecule is O=C(O)/C=C/c1cccc(NC(=O)COc2ccc(Cl)cc2Cl)c1. The molecule has 0 unspecified atom stereocenters. The van der Waals surface area contributed by atoms with Gasteiger partial charge in [0, 0.05) is 16.8 Å².